The summed E-state index contributed by atoms with van der Waals surface area (Å²) in [7, 11) is 0. The maximum absolute atomic E-state index is 13.0. The standard InChI is InChI=1S/C13H27NO2/c1-6-7-11-16-14(15)12(2,3)9-8-10-13(14,4)5/h6-11H2,1-5H3. The summed E-state index contributed by atoms with van der Waals surface area (Å²) >= 11 is 0. The first-order chi connectivity index (χ1) is 7.27. The van der Waals surface area contributed by atoms with E-state index in [0.29, 0.717) is 6.61 Å². The fourth-order valence-electron chi connectivity index (χ4n) is 2.75. The molecule has 3 heteroatoms. The van der Waals surface area contributed by atoms with E-state index in [1.807, 2.05) is 27.7 Å². The molecule has 1 rings (SSSR count). The van der Waals surface area contributed by atoms with E-state index in [1.165, 1.54) is 0 Å². The van der Waals surface area contributed by atoms with Gasteiger partial charge in [-0.3, -0.25) is 0 Å². The molecule has 0 spiro atoms. The minimum absolute atomic E-state index is 0.324. The quantitative estimate of drug-likeness (QED) is 0.417. The van der Waals surface area contributed by atoms with E-state index in [2.05, 4.69) is 6.92 Å². The Bertz CT molecular complexity index is 220. The molecule has 0 aromatic heterocycles. The molecule has 1 heterocycles. The summed E-state index contributed by atoms with van der Waals surface area (Å²) in [6.45, 7) is 10.8. The Balaban J connectivity index is 2.82. The van der Waals surface area contributed by atoms with Gasteiger partial charge in [-0.05, 0) is 40.5 Å². The van der Waals surface area contributed by atoms with Gasteiger partial charge in [0.2, 0.25) is 0 Å². The van der Waals surface area contributed by atoms with Crippen LogP contribution < -0.4 is 0 Å². The van der Waals surface area contributed by atoms with Crippen LogP contribution in [0.2, 0.25) is 0 Å². The number of quaternary nitrogens is 1. The van der Waals surface area contributed by atoms with Crippen molar-refractivity contribution in [3.05, 3.63) is 5.21 Å². The van der Waals surface area contributed by atoms with Gasteiger partial charge in [0.05, 0.1) is 0 Å². The molecule has 1 saturated heterocycles. The molecule has 0 aromatic carbocycles. The number of nitrogens with zero attached hydrogens (tertiary/aromatic N) is 1. The fourth-order valence-corrected chi connectivity index (χ4v) is 2.75. The summed E-state index contributed by atoms with van der Waals surface area (Å²) in [5.74, 6) is 0. The van der Waals surface area contributed by atoms with Crippen molar-refractivity contribution in [1.82, 2.24) is 0 Å². The second-order valence-electron chi connectivity index (χ2n) is 6.22. The van der Waals surface area contributed by atoms with Crippen LogP contribution in [0.3, 0.4) is 0 Å². The lowest BCUT2D eigenvalue weighted by molar-refractivity contribution is -1.14. The van der Waals surface area contributed by atoms with Gasteiger partial charge in [0.1, 0.15) is 17.7 Å². The van der Waals surface area contributed by atoms with Crippen molar-refractivity contribution in [1.29, 1.82) is 0 Å². The van der Waals surface area contributed by atoms with Crippen LogP contribution >= 0.6 is 0 Å². The fraction of sp³-hybridized carbons (Fsp3) is 1.00. The second kappa shape index (κ2) is 4.63. The van der Waals surface area contributed by atoms with Gasteiger partial charge in [0.15, 0.2) is 0 Å². The van der Waals surface area contributed by atoms with E-state index in [-0.39, 0.29) is 11.1 Å². The Morgan fingerprint density at radius 1 is 1.12 bits per heavy atom. The van der Waals surface area contributed by atoms with Crippen LogP contribution in [0.4, 0.5) is 0 Å². The Labute approximate surface area is 99.9 Å². The lowest BCUT2D eigenvalue weighted by Crippen LogP contribution is -2.69. The van der Waals surface area contributed by atoms with Gasteiger partial charge >= 0.3 is 0 Å². The van der Waals surface area contributed by atoms with Gasteiger partial charge in [0, 0.05) is 12.8 Å². The van der Waals surface area contributed by atoms with Gasteiger partial charge in [0.25, 0.3) is 0 Å². The molecular formula is C13H27NO2. The molecule has 0 bridgehead atoms. The van der Waals surface area contributed by atoms with Gasteiger partial charge in [-0.25, -0.2) is 9.65 Å². The van der Waals surface area contributed by atoms with Gasteiger partial charge < -0.3 is 5.21 Å². The number of hydroxylamine groups is 4. The summed E-state index contributed by atoms with van der Waals surface area (Å²) in [5, 5.41) is 13.0. The third-order valence-corrected chi connectivity index (χ3v) is 3.94. The SMILES string of the molecule is CCCCO[N+]1([O-])C(C)(C)CCCC1(C)C. The molecule has 1 aliphatic heterocycles. The summed E-state index contributed by atoms with van der Waals surface area (Å²) in [6.07, 6.45) is 5.06. The molecule has 0 N–H and O–H groups in total. The van der Waals surface area contributed by atoms with Crippen LogP contribution in [0.25, 0.3) is 0 Å². The molecule has 0 aromatic rings. The van der Waals surface area contributed by atoms with Crippen molar-refractivity contribution in [3.8, 4) is 0 Å². The molecule has 0 saturated carbocycles. The summed E-state index contributed by atoms with van der Waals surface area (Å²) < 4.78 is 0. The zero-order chi connectivity index (χ0) is 12.4. The lowest BCUT2D eigenvalue weighted by atomic mass is 9.81. The van der Waals surface area contributed by atoms with E-state index in [9.17, 15) is 5.21 Å². The van der Waals surface area contributed by atoms with Crippen LogP contribution in [-0.2, 0) is 4.84 Å². The number of rotatable bonds is 4. The highest BCUT2D eigenvalue weighted by molar-refractivity contribution is 4.84. The minimum Gasteiger partial charge on any atom is -0.597 e. The van der Waals surface area contributed by atoms with Crippen LogP contribution in [0.5, 0.6) is 0 Å². The normalized spacial score (nSPS) is 26.6. The van der Waals surface area contributed by atoms with Crippen molar-refractivity contribution < 1.29 is 9.65 Å². The van der Waals surface area contributed by atoms with E-state index in [1.54, 1.807) is 0 Å². The Hall–Kier alpha value is -0.120. The van der Waals surface area contributed by atoms with Crippen LogP contribution in [0.15, 0.2) is 0 Å². The van der Waals surface area contributed by atoms with Gasteiger partial charge in [-0.2, -0.15) is 0 Å². The zero-order valence-electron chi connectivity index (χ0n) is 11.5. The van der Waals surface area contributed by atoms with Crippen molar-refractivity contribution in [2.45, 2.75) is 77.8 Å². The molecule has 0 amide bonds. The third kappa shape index (κ3) is 2.27. The summed E-state index contributed by atoms with van der Waals surface area (Å²) in [5.41, 5.74) is -0.648. The second-order valence-corrected chi connectivity index (χ2v) is 6.22. The van der Waals surface area contributed by atoms with Crippen molar-refractivity contribution in [2.75, 3.05) is 6.61 Å². The monoisotopic (exact) mass is 229 g/mol. The van der Waals surface area contributed by atoms with Gasteiger partial charge in [-0.15, -0.1) is 0 Å². The molecule has 1 aliphatic rings. The maximum atomic E-state index is 13.0. The molecule has 0 unspecified atom stereocenters. The highest BCUT2D eigenvalue weighted by Crippen LogP contribution is 2.45. The molecule has 3 nitrogen and oxygen atoms in total. The number of hydrogen-bond acceptors (Lipinski definition) is 2. The number of piperidine rings is 1. The molecule has 0 aliphatic carbocycles. The van der Waals surface area contributed by atoms with Crippen LogP contribution in [-0.4, -0.2) is 22.5 Å². The number of unbranched alkanes of at least 4 members (excludes halogenated alkanes) is 1. The Morgan fingerprint density at radius 2 is 1.62 bits per heavy atom. The smallest absolute Gasteiger partial charge is 0.123 e. The van der Waals surface area contributed by atoms with Crippen molar-refractivity contribution in [3.63, 3.8) is 0 Å². The Morgan fingerprint density at radius 3 is 2.06 bits per heavy atom. The first-order valence-electron chi connectivity index (χ1n) is 6.52. The van der Waals surface area contributed by atoms with Crippen molar-refractivity contribution >= 4 is 0 Å². The van der Waals surface area contributed by atoms with E-state index in [4.69, 9.17) is 4.84 Å². The third-order valence-electron chi connectivity index (χ3n) is 3.94. The van der Waals surface area contributed by atoms with Crippen LogP contribution in [0, 0.1) is 5.21 Å². The minimum atomic E-state index is -0.486. The summed E-state index contributed by atoms with van der Waals surface area (Å²) in [6, 6.07) is 0. The Kier molecular flexibility index (Phi) is 4.04. The molecule has 1 fully saturated rings. The largest absolute Gasteiger partial charge is 0.597 e. The first-order valence-corrected chi connectivity index (χ1v) is 6.52. The lowest BCUT2D eigenvalue weighted by Gasteiger charge is -2.61. The maximum Gasteiger partial charge on any atom is 0.123 e. The highest BCUT2D eigenvalue weighted by Gasteiger charge is 2.53. The topological polar surface area (TPSA) is 32.3 Å². The first kappa shape index (κ1) is 13.9. The van der Waals surface area contributed by atoms with Gasteiger partial charge in [-0.1, -0.05) is 13.3 Å². The van der Waals surface area contributed by atoms with E-state index < -0.39 is 4.81 Å². The van der Waals surface area contributed by atoms with Crippen LogP contribution in [0.1, 0.15) is 66.7 Å². The molecule has 0 radical (unpaired) electrons. The predicted octanol–water partition coefficient (Wildman–Crippen LogP) is 3.77. The van der Waals surface area contributed by atoms with Crippen molar-refractivity contribution in [2.24, 2.45) is 0 Å². The predicted molar refractivity (Wildman–Crippen MR) is 66.5 cm³/mol. The van der Waals surface area contributed by atoms with E-state index in [0.717, 1.165) is 32.1 Å². The number of hydrogen-bond donors (Lipinski definition) is 0. The molecule has 96 valence electrons. The highest BCUT2D eigenvalue weighted by atomic mass is 16.9. The zero-order valence-corrected chi connectivity index (χ0v) is 11.5. The summed E-state index contributed by atoms with van der Waals surface area (Å²) in [4.78, 5) is 5.24. The molecule has 16 heavy (non-hydrogen) atoms. The molecule has 0 atom stereocenters. The average Bonchev–Trinajstić information content (AvgIpc) is 2.15. The molecular weight excluding hydrogens is 202 g/mol. The van der Waals surface area contributed by atoms with E-state index >= 15 is 0 Å². The average molecular weight is 229 g/mol.